The standard InChI is InChI=1S/C9H13N3O5/c10-3-4-11-7(13)5-12-6(9(16)17)1-2-8(14)15/h6,12H,1-2,4-5H2,(H,11,13)(H,14,15)(H,16,17)/t6-/m0/s1. The third-order valence-electron chi connectivity index (χ3n) is 1.82. The van der Waals surface area contributed by atoms with Gasteiger partial charge < -0.3 is 15.5 Å². The van der Waals surface area contributed by atoms with Gasteiger partial charge in [0.15, 0.2) is 0 Å². The molecule has 0 bridgehead atoms. The Balaban J connectivity index is 4.01. The molecule has 1 amide bonds. The molecule has 0 fully saturated rings. The monoisotopic (exact) mass is 243 g/mol. The van der Waals surface area contributed by atoms with Crippen LogP contribution in [0.2, 0.25) is 0 Å². The van der Waals surface area contributed by atoms with Gasteiger partial charge in [-0.3, -0.25) is 19.7 Å². The maximum Gasteiger partial charge on any atom is 0.320 e. The summed E-state index contributed by atoms with van der Waals surface area (Å²) in [4.78, 5) is 32.0. The highest BCUT2D eigenvalue weighted by Crippen LogP contribution is 1.97. The first-order valence-corrected chi connectivity index (χ1v) is 4.79. The van der Waals surface area contributed by atoms with E-state index in [1.165, 1.54) is 0 Å². The number of hydrogen-bond acceptors (Lipinski definition) is 5. The van der Waals surface area contributed by atoms with Gasteiger partial charge in [-0.1, -0.05) is 0 Å². The Bertz CT molecular complexity index is 336. The average Bonchev–Trinajstić information content (AvgIpc) is 2.25. The molecular formula is C9H13N3O5. The lowest BCUT2D eigenvalue weighted by Crippen LogP contribution is -2.43. The van der Waals surface area contributed by atoms with Gasteiger partial charge in [-0.2, -0.15) is 5.26 Å². The van der Waals surface area contributed by atoms with Crippen molar-refractivity contribution in [1.82, 2.24) is 10.6 Å². The van der Waals surface area contributed by atoms with Crippen LogP contribution in [-0.4, -0.2) is 47.2 Å². The Kier molecular flexibility index (Phi) is 7.05. The summed E-state index contributed by atoms with van der Waals surface area (Å²) in [6, 6.07) is 0.597. The lowest BCUT2D eigenvalue weighted by atomic mass is 10.1. The van der Waals surface area contributed by atoms with Crippen molar-refractivity contribution in [3.8, 4) is 6.07 Å². The second kappa shape index (κ2) is 8.06. The van der Waals surface area contributed by atoms with Gasteiger partial charge in [0.1, 0.15) is 12.6 Å². The first-order chi connectivity index (χ1) is 7.97. The van der Waals surface area contributed by atoms with Gasteiger partial charge in [-0.05, 0) is 6.42 Å². The summed E-state index contributed by atoms with van der Waals surface area (Å²) >= 11 is 0. The largest absolute Gasteiger partial charge is 0.481 e. The molecule has 0 saturated heterocycles. The van der Waals surface area contributed by atoms with Crippen LogP contribution >= 0.6 is 0 Å². The molecule has 17 heavy (non-hydrogen) atoms. The number of hydrogen-bond donors (Lipinski definition) is 4. The first kappa shape index (κ1) is 14.9. The minimum absolute atomic E-state index is 0.115. The molecule has 0 spiro atoms. The molecule has 0 aromatic heterocycles. The molecule has 8 nitrogen and oxygen atoms in total. The summed E-state index contributed by atoms with van der Waals surface area (Å²) in [5.41, 5.74) is 0. The smallest absolute Gasteiger partial charge is 0.320 e. The summed E-state index contributed by atoms with van der Waals surface area (Å²) in [6.45, 7) is -0.439. The molecule has 8 heteroatoms. The van der Waals surface area contributed by atoms with E-state index in [1.54, 1.807) is 6.07 Å². The summed E-state index contributed by atoms with van der Waals surface area (Å²) in [5, 5.41) is 29.9. The molecule has 0 unspecified atom stereocenters. The lowest BCUT2D eigenvalue weighted by molar-refractivity contribution is -0.140. The van der Waals surface area contributed by atoms with Crippen molar-refractivity contribution in [2.45, 2.75) is 18.9 Å². The molecule has 94 valence electrons. The highest BCUT2D eigenvalue weighted by molar-refractivity contribution is 5.80. The molecule has 0 heterocycles. The van der Waals surface area contributed by atoms with Crippen LogP contribution in [0.25, 0.3) is 0 Å². The van der Waals surface area contributed by atoms with Crippen molar-refractivity contribution in [3.05, 3.63) is 0 Å². The lowest BCUT2D eigenvalue weighted by Gasteiger charge is -2.12. The summed E-state index contributed by atoms with van der Waals surface area (Å²) in [6.07, 6.45) is -0.417. The molecule has 0 rings (SSSR count). The molecule has 4 N–H and O–H groups in total. The number of rotatable bonds is 8. The molecule has 1 atom stereocenters. The van der Waals surface area contributed by atoms with Crippen LogP contribution in [0.1, 0.15) is 12.8 Å². The fourth-order valence-electron chi connectivity index (χ4n) is 0.997. The van der Waals surface area contributed by atoms with Crippen LogP contribution in [0.4, 0.5) is 0 Å². The van der Waals surface area contributed by atoms with Gasteiger partial charge >= 0.3 is 11.9 Å². The number of carbonyl (C=O) groups excluding carboxylic acids is 1. The first-order valence-electron chi connectivity index (χ1n) is 4.79. The van der Waals surface area contributed by atoms with Crippen molar-refractivity contribution in [2.24, 2.45) is 0 Å². The summed E-state index contributed by atoms with van der Waals surface area (Å²) in [5.74, 6) is -2.85. The van der Waals surface area contributed by atoms with Crippen LogP contribution in [0.5, 0.6) is 0 Å². The minimum Gasteiger partial charge on any atom is -0.481 e. The molecule has 0 aliphatic rings. The van der Waals surface area contributed by atoms with E-state index in [9.17, 15) is 14.4 Å². The van der Waals surface area contributed by atoms with Gasteiger partial charge in [-0.15, -0.1) is 0 Å². The van der Waals surface area contributed by atoms with E-state index in [-0.39, 0.29) is 25.9 Å². The highest BCUT2D eigenvalue weighted by Gasteiger charge is 2.18. The van der Waals surface area contributed by atoms with Crippen LogP contribution in [-0.2, 0) is 14.4 Å². The predicted octanol–water partition coefficient (Wildman–Crippen LogP) is -1.47. The van der Waals surface area contributed by atoms with E-state index in [0.29, 0.717) is 0 Å². The fourth-order valence-corrected chi connectivity index (χ4v) is 0.997. The Morgan fingerprint density at radius 1 is 1.29 bits per heavy atom. The second-order valence-electron chi connectivity index (χ2n) is 3.14. The molecule has 0 saturated carbocycles. The van der Waals surface area contributed by atoms with Gasteiger partial charge in [0.2, 0.25) is 5.91 Å². The van der Waals surface area contributed by atoms with Crippen LogP contribution in [0.15, 0.2) is 0 Å². The van der Waals surface area contributed by atoms with Gasteiger partial charge in [0.25, 0.3) is 0 Å². The maximum absolute atomic E-state index is 11.0. The number of carboxylic acid groups (broad SMARTS) is 2. The van der Waals surface area contributed by atoms with E-state index in [4.69, 9.17) is 15.5 Å². The SMILES string of the molecule is N#CCNC(=O)CN[C@@H](CCC(=O)O)C(=O)O. The summed E-state index contributed by atoms with van der Waals surface area (Å²) < 4.78 is 0. The van der Waals surface area contributed by atoms with E-state index in [0.717, 1.165) is 0 Å². The number of nitrogens with zero attached hydrogens (tertiary/aromatic N) is 1. The number of aliphatic carboxylic acids is 2. The van der Waals surface area contributed by atoms with Crippen molar-refractivity contribution < 1.29 is 24.6 Å². The Hall–Kier alpha value is -2.14. The van der Waals surface area contributed by atoms with Crippen LogP contribution in [0, 0.1) is 11.3 Å². The number of carboxylic acids is 2. The maximum atomic E-state index is 11.0. The van der Waals surface area contributed by atoms with E-state index < -0.39 is 23.9 Å². The molecular weight excluding hydrogens is 230 g/mol. The molecule has 0 aromatic carbocycles. The zero-order valence-corrected chi connectivity index (χ0v) is 8.97. The number of nitriles is 1. The zero-order valence-electron chi connectivity index (χ0n) is 8.97. The predicted molar refractivity (Wildman–Crippen MR) is 54.9 cm³/mol. The van der Waals surface area contributed by atoms with Gasteiger partial charge in [0, 0.05) is 6.42 Å². The quantitative estimate of drug-likeness (QED) is 0.382. The van der Waals surface area contributed by atoms with Crippen LogP contribution in [0.3, 0.4) is 0 Å². The van der Waals surface area contributed by atoms with Gasteiger partial charge in [-0.25, -0.2) is 0 Å². The van der Waals surface area contributed by atoms with Crippen molar-refractivity contribution in [1.29, 1.82) is 5.26 Å². The van der Waals surface area contributed by atoms with Crippen molar-refractivity contribution in [3.63, 3.8) is 0 Å². The molecule has 0 aliphatic carbocycles. The number of amides is 1. The Morgan fingerprint density at radius 2 is 1.94 bits per heavy atom. The van der Waals surface area contributed by atoms with Crippen molar-refractivity contribution in [2.75, 3.05) is 13.1 Å². The highest BCUT2D eigenvalue weighted by atomic mass is 16.4. The van der Waals surface area contributed by atoms with E-state index >= 15 is 0 Å². The third kappa shape index (κ3) is 7.75. The fraction of sp³-hybridized carbons (Fsp3) is 0.556. The van der Waals surface area contributed by atoms with E-state index in [2.05, 4.69) is 10.6 Å². The van der Waals surface area contributed by atoms with Crippen LogP contribution < -0.4 is 10.6 Å². The Labute approximate surface area is 97.2 Å². The zero-order chi connectivity index (χ0) is 13.3. The third-order valence-corrected chi connectivity index (χ3v) is 1.82. The minimum atomic E-state index is -1.22. The average molecular weight is 243 g/mol. The van der Waals surface area contributed by atoms with E-state index in [1.807, 2.05) is 0 Å². The molecule has 0 radical (unpaired) electrons. The Morgan fingerprint density at radius 3 is 2.41 bits per heavy atom. The number of nitrogens with one attached hydrogen (secondary N) is 2. The summed E-state index contributed by atoms with van der Waals surface area (Å²) in [7, 11) is 0. The van der Waals surface area contributed by atoms with Gasteiger partial charge in [0.05, 0.1) is 12.6 Å². The molecule has 0 aromatic rings. The number of carbonyl (C=O) groups is 3. The molecule has 0 aliphatic heterocycles. The van der Waals surface area contributed by atoms with Crippen molar-refractivity contribution >= 4 is 17.8 Å². The topological polar surface area (TPSA) is 140 Å². The second-order valence-corrected chi connectivity index (χ2v) is 3.14. The normalized spacial score (nSPS) is 11.2.